The second kappa shape index (κ2) is 7.06. The summed E-state index contributed by atoms with van der Waals surface area (Å²) in [6, 6.07) is 5.58. The number of esters is 1. The number of nitrogens with one attached hydrogen (secondary N) is 1. The summed E-state index contributed by atoms with van der Waals surface area (Å²) in [6.45, 7) is 6.12. The molecule has 98 valence electrons. The minimum Gasteiger partial charge on any atom is -0.497 e. The first-order chi connectivity index (χ1) is 8.56. The Hall–Kier alpha value is -1.49. The number of benzene rings is 1. The summed E-state index contributed by atoms with van der Waals surface area (Å²) in [6.07, 6.45) is 0. The van der Waals surface area contributed by atoms with Gasteiger partial charge in [0.25, 0.3) is 0 Å². The normalized spacial score (nSPS) is 9.72. The molecule has 0 aromatic heterocycles. The maximum Gasteiger partial charge on any atom is 0.335 e. The molecule has 4 nitrogen and oxygen atoms in total. The summed E-state index contributed by atoms with van der Waals surface area (Å²) in [5.74, 6) is 0.348. The van der Waals surface area contributed by atoms with E-state index in [1.807, 2.05) is 18.2 Å². The Bertz CT molecular complexity index is 446. The first-order valence-electron chi connectivity index (χ1n) is 5.50. The van der Waals surface area contributed by atoms with Gasteiger partial charge in [0.2, 0.25) is 0 Å². The van der Waals surface area contributed by atoms with Gasteiger partial charge >= 0.3 is 5.97 Å². The van der Waals surface area contributed by atoms with E-state index in [4.69, 9.17) is 9.47 Å². The molecule has 1 rings (SSSR count). The van der Waals surface area contributed by atoms with E-state index in [0.717, 1.165) is 15.9 Å². The second-order valence-electron chi connectivity index (χ2n) is 3.56. The number of rotatable bonds is 6. The fraction of sp³-hybridized carbons (Fsp3) is 0.308. The highest BCUT2D eigenvalue weighted by molar-refractivity contribution is 9.10. The van der Waals surface area contributed by atoms with Crippen LogP contribution in [0.5, 0.6) is 5.75 Å². The Morgan fingerprint density at radius 2 is 2.17 bits per heavy atom. The van der Waals surface area contributed by atoms with Gasteiger partial charge in [0.05, 0.1) is 13.7 Å². The van der Waals surface area contributed by atoms with Gasteiger partial charge in [-0.1, -0.05) is 22.5 Å². The third-order valence-corrected chi connectivity index (χ3v) is 2.63. The lowest BCUT2D eigenvalue weighted by Gasteiger charge is -2.10. The van der Waals surface area contributed by atoms with Gasteiger partial charge in [0, 0.05) is 28.3 Å². The van der Waals surface area contributed by atoms with Gasteiger partial charge in [0.15, 0.2) is 0 Å². The van der Waals surface area contributed by atoms with Gasteiger partial charge in [-0.05, 0) is 19.1 Å². The zero-order chi connectivity index (χ0) is 13.5. The molecule has 1 aromatic rings. The maximum atomic E-state index is 11.4. The Morgan fingerprint density at radius 3 is 2.78 bits per heavy atom. The zero-order valence-electron chi connectivity index (χ0n) is 10.5. The van der Waals surface area contributed by atoms with Crippen LogP contribution in [0.15, 0.2) is 34.8 Å². The first kappa shape index (κ1) is 14.6. The molecule has 0 spiro atoms. The Balaban J connectivity index is 2.60. The fourth-order valence-electron chi connectivity index (χ4n) is 1.30. The lowest BCUT2D eigenvalue weighted by molar-refractivity contribution is -0.138. The van der Waals surface area contributed by atoms with Crippen molar-refractivity contribution in [1.82, 2.24) is 0 Å². The molecule has 0 aliphatic rings. The third-order valence-electron chi connectivity index (χ3n) is 2.18. The summed E-state index contributed by atoms with van der Waals surface area (Å²) in [7, 11) is 1.60. The van der Waals surface area contributed by atoms with Crippen LogP contribution in [0.3, 0.4) is 0 Å². The van der Waals surface area contributed by atoms with Crippen LogP contribution in [0.4, 0.5) is 5.69 Å². The number of carbonyl (C=O) groups is 1. The molecule has 0 aliphatic carbocycles. The largest absolute Gasteiger partial charge is 0.497 e. The minimum atomic E-state index is -0.382. The van der Waals surface area contributed by atoms with Crippen LogP contribution in [0, 0.1) is 0 Å². The van der Waals surface area contributed by atoms with E-state index in [-0.39, 0.29) is 5.97 Å². The van der Waals surface area contributed by atoms with Gasteiger partial charge in [0.1, 0.15) is 5.75 Å². The molecule has 0 saturated heterocycles. The smallest absolute Gasteiger partial charge is 0.335 e. The average molecular weight is 314 g/mol. The molecular weight excluding hydrogens is 298 g/mol. The number of hydrogen-bond acceptors (Lipinski definition) is 4. The molecule has 1 N–H and O–H groups in total. The van der Waals surface area contributed by atoms with Crippen molar-refractivity contribution in [2.24, 2.45) is 0 Å². The lowest BCUT2D eigenvalue weighted by atomic mass is 10.2. The number of ether oxygens (including phenoxy) is 2. The van der Waals surface area contributed by atoms with Crippen LogP contribution in [0.1, 0.15) is 6.92 Å². The molecule has 0 saturated carbocycles. The third kappa shape index (κ3) is 4.41. The topological polar surface area (TPSA) is 47.6 Å². The average Bonchev–Trinajstić information content (AvgIpc) is 2.35. The molecule has 0 atom stereocenters. The van der Waals surface area contributed by atoms with E-state index in [1.54, 1.807) is 14.0 Å². The van der Waals surface area contributed by atoms with E-state index in [9.17, 15) is 4.79 Å². The number of anilines is 1. The van der Waals surface area contributed by atoms with Crippen LogP contribution in [0.2, 0.25) is 0 Å². The molecular formula is C13H16BrNO3. The quantitative estimate of drug-likeness (QED) is 0.648. The van der Waals surface area contributed by atoms with Crippen molar-refractivity contribution in [2.75, 3.05) is 25.6 Å². The van der Waals surface area contributed by atoms with Gasteiger partial charge in [-0.15, -0.1) is 0 Å². The molecule has 0 fully saturated rings. The standard InChI is InChI=1S/C13H16BrNO3/c1-4-18-13(16)9(2)8-15-11-5-10(14)6-12(7-11)17-3/h5-7,15H,2,4,8H2,1,3H3. The maximum absolute atomic E-state index is 11.4. The molecule has 0 bridgehead atoms. The minimum absolute atomic E-state index is 0.332. The Morgan fingerprint density at radius 1 is 1.44 bits per heavy atom. The summed E-state index contributed by atoms with van der Waals surface area (Å²) < 4.78 is 10.9. The van der Waals surface area contributed by atoms with E-state index in [2.05, 4.69) is 27.8 Å². The van der Waals surface area contributed by atoms with Crippen molar-refractivity contribution in [1.29, 1.82) is 0 Å². The van der Waals surface area contributed by atoms with E-state index in [0.29, 0.717) is 18.7 Å². The first-order valence-corrected chi connectivity index (χ1v) is 6.29. The highest BCUT2D eigenvalue weighted by Crippen LogP contribution is 2.24. The second-order valence-corrected chi connectivity index (χ2v) is 4.47. The number of halogens is 1. The SMILES string of the molecule is C=C(CNc1cc(Br)cc(OC)c1)C(=O)OCC. The van der Waals surface area contributed by atoms with Gasteiger partial charge < -0.3 is 14.8 Å². The van der Waals surface area contributed by atoms with E-state index < -0.39 is 0 Å². The van der Waals surface area contributed by atoms with Crippen LogP contribution >= 0.6 is 15.9 Å². The van der Waals surface area contributed by atoms with Crippen LogP contribution in [-0.4, -0.2) is 26.2 Å². The van der Waals surface area contributed by atoms with Crippen molar-refractivity contribution < 1.29 is 14.3 Å². The van der Waals surface area contributed by atoms with Crippen molar-refractivity contribution in [3.05, 3.63) is 34.8 Å². The Labute approximate surface area is 115 Å². The van der Waals surface area contributed by atoms with E-state index >= 15 is 0 Å². The van der Waals surface area contributed by atoms with Crippen molar-refractivity contribution >= 4 is 27.6 Å². The van der Waals surface area contributed by atoms with Crippen molar-refractivity contribution in [2.45, 2.75) is 6.92 Å². The van der Waals surface area contributed by atoms with Gasteiger partial charge in [-0.3, -0.25) is 0 Å². The molecule has 0 radical (unpaired) electrons. The summed E-state index contributed by atoms with van der Waals surface area (Å²) >= 11 is 3.38. The summed E-state index contributed by atoms with van der Waals surface area (Å²) in [5.41, 5.74) is 1.22. The van der Waals surface area contributed by atoms with E-state index in [1.165, 1.54) is 0 Å². The molecule has 0 heterocycles. The molecule has 5 heteroatoms. The number of methoxy groups -OCH3 is 1. The summed E-state index contributed by atoms with van der Waals surface area (Å²) in [5, 5.41) is 3.09. The number of carbonyl (C=O) groups excluding carboxylic acids is 1. The zero-order valence-corrected chi connectivity index (χ0v) is 12.0. The Kier molecular flexibility index (Phi) is 5.71. The monoisotopic (exact) mass is 313 g/mol. The van der Waals surface area contributed by atoms with Crippen LogP contribution < -0.4 is 10.1 Å². The molecule has 18 heavy (non-hydrogen) atoms. The van der Waals surface area contributed by atoms with Gasteiger partial charge in [-0.25, -0.2) is 4.79 Å². The van der Waals surface area contributed by atoms with Crippen LogP contribution in [0.25, 0.3) is 0 Å². The molecule has 0 unspecified atom stereocenters. The van der Waals surface area contributed by atoms with Gasteiger partial charge in [-0.2, -0.15) is 0 Å². The van der Waals surface area contributed by atoms with Crippen LogP contribution in [-0.2, 0) is 9.53 Å². The van der Waals surface area contributed by atoms with Crippen molar-refractivity contribution in [3.63, 3.8) is 0 Å². The molecule has 1 aromatic carbocycles. The number of hydrogen-bond donors (Lipinski definition) is 1. The molecule has 0 aliphatic heterocycles. The van der Waals surface area contributed by atoms with Crippen molar-refractivity contribution in [3.8, 4) is 5.75 Å². The highest BCUT2D eigenvalue weighted by Gasteiger charge is 2.07. The molecule has 0 amide bonds. The highest BCUT2D eigenvalue weighted by atomic mass is 79.9. The predicted octanol–water partition coefficient (Wildman–Crippen LogP) is 2.99. The predicted molar refractivity (Wildman–Crippen MR) is 75.0 cm³/mol. The fourth-order valence-corrected chi connectivity index (χ4v) is 1.77. The summed E-state index contributed by atoms with van der Waals surface area (Å²) in [4.78, 5) is 11.4. The lowest BCUT2D eigenvalue weighted by Crippen LogP contribution is -2.14.